The molecule has 0 bridgehead atoms. The molecule has 1 aromatic rings. The summed E-state index contributed by atoms with van der Waals surface area (Å²) in [4.78, 5) is 18.9. The molecule has 0 aliphatic carbocycles. The molecule has 1 heterocycles. The monoisotopic (exact) mass is 381 g/mol. The molecule has 0 aliphatic heterocycles. The first-order valence-corrected chi connectivity index (χ1v) is 12.9. The largest absolute Gasteiger partial charge is 0.477 e. The van der Waals surface area contributed by atoms with Gasteiger partial charge in [-0.15, -0.1) is 0 Å². The fourth-order valence-electron chi connectivity index (χ4n) is 2.63. The van der Waals surface area contributed by atoms with Crippen LogP contribution in [0.3, 0.4) is 0 Å². The van der Waals surface area contributed by atoms with Crippen molar-refractivity contribution in [3.63, 3.8) is 0 Å². The molecular formula is C19H35N3O3Si. The molecule has 0 aromatic carbocycles. The van der Waals surface area contributed by atoms with Crippen molar-refractivity contribution < 1.29 is 14.0 Å². The van der Waals surface area contributed by atoms with Crippen LogP contribution in [0.15, 0.2) is 18.3 Å². The number of nitrogens with zero attached hydrogens (tertiary/aromatic N) is 2. The molecule has 0 saturated heterocycles. The zero-order chi connectivity index (χ0) is 19.6. The van der Waals surface area contributed by atoms with Crippen LogP contribution in [0.25, 0.3) is 0 Å². The summed E-state index contributed by atoms with van der Waals surface area (Å²) in [7, 11) is -1.55. The highest BCUT2D eigenvalue weighted by molar-refractivity contribution is 6.69. The smallest absolute Gasteiger partial charge is 0.256 e. The van der Waals surface area contributed by atoms with Gasteiger partial charge in [-0.25, -0.2) is 4.98 Å². The fourth-order valence-corrected chi connectivity index (χ4v) is 3.95. The molecule has 0 aliphatic rings. The average molecular weight is 382 g/mol. The molecule has 1 atom stereocenters. The fraction of sp³-hybridized carbons (Fsp3) is 0.684. The lowest BCUT2D eigenvalue weighted by Gasteiger charge is -2.23. The average Bonchev–Trinajstić information content (AvgIpc) is 2.57. The van der Waals surface area contributed by atoms with Crippen molar-refractivity contribution in [3.05, 3.63) is 23.9 Å². The molecule has 0 radical (unpaired) electrons. The second kappa shape index (κ2) is 11.3. The van der Waals surface area contributed by atoms with Crippen LogP contribution in [-0.2, 0) is 4.43 Å². The normalized spacial score (nSPS) is 12.9. The van der Waals surface area contributed by atoms with E-state index < -0.39 is 8.32 Å². The predicted octanol–water partition coefficient (Wildman–Crippen LogP) is 3.16. The summed E-state index contributed by atoms with van der Waals surface area (Å²) in [6.07, 6.45) is 2.55. The van der Waals surface area contributed by atoms with E-state index in [4.69, 9.17) is 9.16 Å². The molecule has 7 heteroatoms. The molecule has 0 saturated carbocycles. The molecule has 0 spiro atoms. The van der Waals surface area contributed by atoms with E-state index in [2.05, 4.69) is 55.6 Å². The van der Waals surface area contributed by atoms with Crippen LogP contribution >= 0.6 is 0 Å². The van der Waals surface area contributed by atoms with Crippen molar-refractivity contribution in [1.29, 1.82) is 0 Å². The standard InChI is InChI=1S/C19H35N3O3Si/c1-7-22(8-2)14-13-20-18(23)17-10-9-12-21-19(17)24-15-11-16(3)25-26(4,5)6/h9-10,12,16H,7-8,11,13-15H2,1-6H3,(H,20,23). The maximum absolute atomic E-state index is 12.4. The third-order valence-electron chi connectivity index (χ3n) is 3.94. The Kier molecular flexibility index (Phi) is 9.83. The topological polar surface area (TPSA) is 63.7 Å². The molecule has 148 valence electrons. The van der Waals surface area contributed by atoms with Crippen LogP contribution in [0, 0.1) is 0 Å². The lowest BCUT2D eigenvalue weighted by Crippen LogP contribution is -2.35. The summed E-state index contributed by atoms with van der Waals surface area (Å²) in [5.41, 5.74) is 0.478. The van der Waals surface area contributed by atoms with Gasteiger partial charge in [0.15, 0.2) is 8.32 Å². The van der Waals surface area contributed by atoms with Crippen LogP contribution in [-0.4, -0.2) is 63.0 Å². The van der Waals surface area contributed by atoms with Crippen LogP contribution in [0.2, 0.25) is 19.6 Å². The molecule has 0 fully saturated rings. The van der Waals surface area contributed by atoms with Gasteiger partial charge >= 0.3 is 0 Å². The highest BCUT2D eigenvalue weighted by Crippen LogP contribution is 2.16. The molecule has 1 unspecified atom stereocenters. The Bertz CT molecular complexity index is 545. The van der Waals surface area contributed by atoms with Gasteiger partial charge in [0.2, 0.25) is 5.88 Å². The number of ether oxygens (including phenoxy) is 1. The zero-order valence-corrected chi connectivity index (χ0v) is 18.2. The molecule has 1 N–H and O–H groups in total. The summed E-state index contributed by atoms with van der Waals surface area (Å²) >= 11 is 0. The number of carbonyl (C=O) groups is 1. The summed E-state index contributed by atoms with van der Waals surface area (Å²) < 4.78 is 11.8. The number of rotatable bonds is 12. The van der Waals surface area contributed by atoms with Gasteiger partial charge in [0.05, 0.1) is 6.61 Å². The minimum absolute atomic E-state index is 0.136. The Morgan fingerprint density at radius 2 is 2.00 bits per heavy atom. The van der Waals surface area contributed by atoms with Crippen LogP contribution in [0.4, 0.5) is 0 Å². The van der Waals surface area contributed by atoms with E-state index >= 15 is 0 Å². The van der Waals surface area contributed by atoms with Crippen molar-refractivity contribution in [2.45, 2.75) is 52.9 Å². The van der Waals surface area contributed by atoms with Gasteiger partial charge in [0.25, 0.3) is 5.91 Å². The maximum atomic E-state index is 12.4. The number of carbonyl (C=O) groups excluding carboxylic acids is 1. The van der Waals surface area contributed by atoms with Gasteiger partial charge in [-0.3, -0.25) is 4.79 Å². The lowest BCUT2D eigenvalue weighted by molar-refractivity contribution is 0.0943. The van der Waals surface area contributed by atoms with Gasteiger partial charge in [0.1, 0.15) is 5.56 Å². The van der Waals surface area contributed by atoms with E-state index in [1.165, 1.54) is 0 Å². The molecule has 6 nitrogen and oxygen atoms in total. The van der Waals surface area contributed by atoms with E-state index in [1.54, 1.807) is 18.3 Å². The van der Waals surface area contributed by atoms with Crippen molar-refractivity contribution >= 4 is 14.2 Å². The van der Waals surface area contributed by atoms with E-state index in [0.29, 0.717) is 24.6 Å². The Morgan fingerprint density at radius 3 is 2.62 bits per heavy atom. The quantitative estimate of drug-likeness (QED) is 0.564. The summed E-state index contributed by atoms with van der Waals surface area (Å²) in [6.45, 7) is 16.7. The minimum atomic E-state index is -1.55. The van der Waals surface area contributed by atoms with Crippen molar-refractivity contribution in [2.75, 3.05) is 32.8 Å². The van der Waals surface area contributed by atoms with Gasteiger partial charge in [-0.2, -0.15) is 0 Å². The van der Waals surface area contributed by atoms with E-state index in [9.17, 15) is 4.79 Å². The van der Waals surface area contributed by atoms with E-state index in [-0.39, 0.29) is 12.0 Å². The minimum Gasteiger partial charge on any atom is -0.477 e. The second-order valence-corrected chi connectivity index (χ2v) is 11.8. The highest BCUT2D eigenvalue weighted by Gasteiger charge is 2.19. The van der Waals surface area contributed by atoms with Crippen molar-refractivity contribution in [2.24, 2.45) is 0 Å². The number of aromatic nitrogens is 1. The Hall–Kier alpha value is -1.44. The van der Waals surface area contributed by atoms with Crippen LogP contribution in [0.1, 0.15) is 37.6 Å². The Morgan fingerprint density at radius 1 is 1.31 bits per heavy atom. The molecular weight excluding hydrogens is 346 g/mol. The lowest BCUT2D eigenvalue weighted by atomic mass is 10.2. The number of hydrogen-bond donors (Lipinski definition) is 1. The number of nitrogens with one attached hydrogen (secondary N) is 1. The Balaban J connectivity index is 2.52. The van der Waals surface area contributed by atoms with E-state index in [1.807, 2.05) is 0 Å². The number of hydrogen-bond acceptors (Lipinski definition) is 5. The van der Waals surface area contributed by atoms with Gasteiger partial charge in [-0.1, -0.05) is 13.8 Å². The zero-order valence-electron chi connectivity index (χ0n) is 17.2. The predicted molar refractivity (Wildman–Crippen MR) is 108 cm³/mol. The SMILES string of the molecule is CCN(CC)CCNC(=O)c1cccnc1OCCC(C)O[Si](C)(C)C. The molecule has 26 heavy (non-hydrogen) atoms. The third-order valence-corrected chi connectivity index (χ3v) is 5.05. The van der Waals surface area contributed by atoms with Crippen LogP contribution < -0.4 is 10.1 Å². The first kappa shape index (κ1) is 22.6. The van der Waals surface area contributed by atoms with Gasteiger partial charge in [0, 0.05) is 31.8 Å². The molecule has 1 rings (SSSR count). The number of likely N-dealkylation sites (N-methyl/N-ethyl adjacent to an activating group) is 1. The number of pyridine rings is 1. The van der Waals surface area contributed by atoms with Crippen molar-refractivity contribution in [3.8, 4) is 5.88 Å². The van der Waals surface area contributed by atoms with Crippen molar-refractivity contribution in [1.82, 2.24) is 15.2 Å². The summed E-state index contributed by atoms with van der Waals surface area (Å²) in [5.74, 6) is 0.236. The summed E-state index contributed by atoms with van der Waals surface area (Å²) in [6, 6.07) is 3.50. The first-order chi connectivity index (χ1) is 12.3. The first-order valence-electron chi connectivity index (χ1n) is 9.53. The molecule has 1 aromatic heterocycles. The van der Waals surface area contributed by atoms with E-state index in [0.717, 1.165) is 26.1 Å². The van der Waals surface area contributed by atoms with Gasteiger partial charge in [-0.05, 0) is 51.8 Å². The number of amides is 1. The maximum Gasteiger partial charge on any atom is 0.256 e. The van der Waals surface area contributed by atoms with Crippen LogP contribution in [0.5, 0.6) is 5.88 Å². The van der Waals surface area contributed by atoms with Gasteiger partial charge < -0.3 is 19.4 Å². The highest BCUT2D eigenvalue weighted by atomic mass is 28.4. The summed E-state index contributed by atoms with van der Waals surface area (Å²) in [5, 5.41) is 2.95. The second-order valence-electron chi connectivity index (χ2n) is 7.32. The molecule has 1 amide bonds. The third kappa shape index (κ3) is 8.78. The Labute approximate surface area is 159 Å².